The first kappa shape index (κ1) is 8.15. The highest BCUT2D eigenvalue weighted by Crippen LogP contribution is 2.44. The number of hydrogen-bond donors (Lipinski definition) is 0. The third-order valence-electron chi connectivity index (χ3n) is 1.30. The molecule has 0 unspecified atom stereocenters. The van der Waals surface area contributed by atoms with Gasteiger partial charge in [0.1, 0.15) is 0 Å². The standard InChI is InChI=1S/C6H12S3/c1-6(5-7-2)8-3-4-9-6/h3-5H2,1-2H3. The van der Waals surface area contributed by atoms with Gasteiger partial charge in [0.2, 0.25) is 0 Å². The van der Waals surface area contributed by atoms with Gasteiger partial charge in [0.05, 0.1) is 4.08 Å². The van der Waals surface area contributed by atoms with Crippen molar-refractivity contribution < 1.29 is 0 Å². The maximum absolute atomic E-state index is 2.35. The molecular weight excluding hydrogens is 168 g/mol. The Labute approximate surface area is 69.9 Å². The summed E-state index contributed by atoms with van der Waals surface area (Å²) in [6, 6.07) is 0. The molecule has 1 rings (SSSR count). The van der Waals surface area contributed by atoms with Crippen LogP contribution in [0.4, 0.5) is 0 Å². The Morgan fingerprint density at radius 2 is 2.00 bits per heavy atom. The summed E-state index contributed by atoms with van der Waals surface area (Å²) in [6.45, 7) is 2.35. The van der Waals surface area contributed by atoms with Crippen LogP contribution >= 0.6 is 35.3 Å². The van der Waals surface area contributed by atoms with Gasteiger partial charge in [0, 0.05) is 17.3 Å². The SMILES string of the molecule is CSCC1(C)SCCS1. The topological polar surface area (TPSA) is 0 Å². The second-order valence-electron chi connectivity index (χ2n) is 2.26. The van der Waals surface area contributed by atoms with E-state index >= 15 is 0 Å². The van der Waals surface area contributed by atoms with Crippen molar-refractivity contribution in [2.75, 3.05) is 23.5 Å². The van der Waals surface area contributed by atoms with Crippen LogP contribution in [0.3, 0.4) is 0 Å². The largest absolute Gasteiger partial charge is 0.163 e. The zero-order valence-corrected chi connectivity index (χ0v) is 8.30. The molecule has 54 valence electrons. The van der Waals surface area contributed by atoms with E-state index in [0.29, 0.717) is 4.08 Å². The van der Waals surface area contributed by atoms with Gasteiger partial charge in [-0.05, 0) is 13.2 Å². The first-order valence-corrected chi connectivity index (χ1v) is 6.40. The summed E-state index contributed by atoms with van der Waals surface area (Å²) < 4.78 is 0.541. The molecule has 0 aliphatic carbocycles. The minimum Gasteiger partial charge on any atom is -0.163 e. The minimum absolute atomic E-state index is 0.541. The lowest BCUT2D eigenvalue weighted by atomic mass is 10.5. The van der Waals surface area contributed by atoms with Gasteiger partial charge in [0.25, 0.3) is 0 Å². The average molecular weight is 180 g/mol. The summed E-state index contributed by atoms with van der Waals surface area (Å²) in [5.74, 6) is 3.99. The van der Waals surface area contributed by atoms with Crippen LogP contribution < -0.4 is 0 Å². The Morgan fingerprint density at radius 3 is 2.44 bits per heavy atom. The van der Waals surface area contributed by atoms with E-state index in [1.165, 1.54) is 17.3 Å². The van der Waals surface area contributed by atoms with Crippen molar-refractivity contribution in [3.63, 3.8) is 0 Å². The van der Waals surface area contributed by atoms with Crippen LogP contribution in [-0.4, -0.2) is 27.6 Å². The fourth-order valence-corrected chi connectivity index (χ4v) is 5.16. The molecule has 0 N–H and O–H groups in total. The third-order valence-corrected chi connectivity index (χ3v) is 5.83. The normalized spacial score (nSPS) is 24.7. The van der Waals surface area contributed by atoms with Crippen molar-refractivity contribution in [1.82, 2.24) is 0 Å². The van der Waals surface area contributed by atoms with Crippen LogP contribution in [0.15, 0.2) is 0 Å². The van der Waals surface area contributed by atoms with Crippen molar-refractivity contribution >= 4 is 35.3 Å². The Morgan fingerprint density at radius 1 is 1.44 bits per heavy atom. The number of thioether (sulfide) groups is 3. The van der Waals surface area contributed by atoms with Gasteiger partial charge < -0.3 is 0 Å². The molecule has 0 radical (unpaired) electrons. The maximum Gasteiger partial charge on any atom is 0.0673 e. The van der Waals surface area contributed by atoms with Crippen LogP contribution in [-0.2, 0) is 0 Å². The van der Waals surface area contributed by atoms with E-state index in [9.17, 15) is 0 Å². The van der Waals surface area contributed by atoms with Crippen molar-refractivity contribution in [3.05, 3.63) is 0 Å². The summed E-state index contributed by atoms with van der Waals surface area (Å²) in [4.78, 5) is 0. The molecule has 0 aromatic heterocycles. The summed E-state index contributed by atoms with van der Waals surface area (Å²) >= 11 is 6.18. The summed E-state index contributed by atoms with van der Waals surface area (Å²) in [5.41, 5.74) is 0. The van der Waals surface area contributed by atoms with Crippen molar-refractivity contribution in [1.29, 1.82) is 0 Å². The van der Waals surface area contributed by atoms with E-state index in [4.69, 9.17) is 0 Å². The average Bonchev–Trinajstić information content (AvgIpc) is 2.16. The van der Waals surface area contributed by atoms with Crippen LogP contribution in [0.2, 0.25) is 0 Å². The Kier molecular flexibility index (Phi) is 3.12. The summed E-state index contributed by atoms with van der Waals surface area (Å²) in [7, 11) is 0. The minimum atomic E-state index is 0.541. The molecule has 0 saturated carbocycles. The summed E-state index contributed by atoms with van der Waals surface area (Å²) in [6.07, 6.45) is 2.19. The monoisotopic (exact) mass is 180 g/mol. The molecule has 0 nitrogen and oxygen atoms in total. The smallest absolute Gasteiger partial charge is 0.0673 e. The zero-order chi connectivity index (χ0) is 6.74. The van der Waals surface area contributed by atoms with E-state index in [1.54, 1.807) is 0 Å². The van der Waals surface area contributed by atoms with Gasteiger partial charge in [-0.25, -0.2) is 0 Å². The number of hydrogen-bond acceptors (Lipinski definition) is 3. The van der Waals surface area contributed by atoms with Crippen LogP contribution in [0, 0.1) is 0 Å². The molecule has 0 aromatic carbocycles. The predicted octanol–water partition coefficient (Wildman–Crippen LogP) is 2.55. The number of rotatable bonds is 2. The highest BCUT2D eigenvalue weighted by molar-refractivity contribution is 8.22. The van der Waals surface area contributed by atoms with Crippen LogP contribution in [0.25, 0.3) is 0 Å². The molecule has 0 spiro atoms. The quantitative estimate of drug-likeness (QED) is 0.641. The molecule has 9 heavy (non-hydrogen) atoms. The molecule has 0 aromatic rings. The highest BCUT2D eigenvalue weighted by atomic mass is 32.2. The van der Waals surface area contributed by atoms with E-state index in [1.807, 2.05) is 11.8 Å². The van der Waals surface area contributed by atoms with Crippen molar-refractivity contribution in [2.24, 2.45) is 0 Å². The lowest BCUT2D eigenvalue weighted by Crippen LogP contribution is -2.13. The van der Waals surface area contributed by atoms with Crippen LogP contribution in [0.5, 0.6) is 0 Å². The lowest BCUT2D eigenvalue weighted by molar-refractivity contribution is 1.06. The molecule has 1 fully saturated rings. The van der Waals surface area contributed by atoms with Gasteiger partial charge in [-0.3, -0.25) is 0 Å². The fraction of sp³-hybridized carbons (Fsp3) is 1.00. The Bertz CT molecular complexity index is 86.3. The zero-order valence-electron chi connectivity index (χ0n) is 5.85. The van der Waals surface area contributed by atoms with Crippen LogP contribution in [0.1, 0.15) is 6.92 Å². The van der Waals surface area contributed by atoms with Gasteiger partial charge in [-0.1, -0.05) is 0 Å². The third kappa shape index (κ3) is 2.28. The molecule has 3 heteroatoms. The molecule has 0 amide bonds. The predicted molar refractivity (Wildman–Crippen MR) is 51.7 cm³/mol. The maximum atomic E-state index is 2.35. The second kappa shape index (κ2) is 3.44. The molecule has 1 heterocycles. The first-order chi connectivity index (χ1) is 4.27. The van der Waals surface area contributed by atoms with Gasteiger partial charge in [0.15, 0.2) is 0 Å². The van der Waals surface area contributed by atoms with Gasteiger partial charge in [-0.2, -0.15) is 11.8 Å². The molecule has 1 saturated heterocycles. The Hall–Kier alpha value is 1.05. The molecule has 1 aliphatic rings. The van der Waals surface area contributed by atoms with E-state index in [0.717, 1.165) is 0 Å². The summed E-state index contributed by atoms with van der Waals surface area (Å²) in [5, 5.41) is 0. The second-order valence-corrected chi connectivity index (χ2v) is 6.58. The molecule has 0 bridgehead atoms. The van der Waals surface area contributed by atoms with Crippen molar-refractivity contribution in [3.8, 4) is 0 Å². The molecule has 1 aliphatic heterocycles. The van der Waals surface area contributed by atoms with Gasteiger partial charge in [-0.15, -0.1) is 23.5 Å². The van der Waals surface area contributed by atoms with E-state index in [2.05, 4.69) is 36.7 Å². The molecule has 0 atom stereocenters. The van der Waals surface area contributed by atoms with E-state index < -0.39 is 0 Å². The van der Waals surface area contributed by atoms with E-state index in [-0.39, 0.29) is 0 Å². The lowest BCUT2D eigenvalue weighted by Gasteiger charge is -2.19. The molecular formula is C6H12S3. The fourth-order valence-electron chi connectivity index (χ4n) is 0.902. The Balaban J connectivity index is 2.32. The first-order valence-electron chi connectivity index (χ1n) is 3.04. The highest BCUT2D eigenvalue weighted by Gasteiger charge is 2.29. The van der Waals surface area contributed by atoms with Crippen molar-refractivity contribution in [2.45, 2.75) is 11.0 Å². The van der Waals surface area contributed by atoms with Gasteiger partial charge >= 0.3 is 0 Å².